The third-order valence-corrected chi connectivity index (χ3v) is 4.46. The van der Waals surface area contributed by atoms with Crippen molar-refractivity contribution in [1.29, 1.82) is 0 Å². The highest BCUT2D eigenvalue weighted by molar-refractivity contribution is 5.38. The molecule has 2 rings (SSSR count). The van der Waals surface area contributed by atoms with Crippen molar-refractivity contribution in [1.82, 2.24) is 0 Å². The van der Waals surface area contributed by atoms with Crippen LogP contribution in [0, 0.1) is 11.8 Å². The van der Waals surface area contributed by atoms with Gasteiger partial charge in [0.15, 0.2) is 0 Å². The third-order valence-electron chi connectivity index (χ3n) is 4.46. The lowest BCUT2D eigenvalue weighted by molar-refractivity contribution is -0.0362. The molecule has 0 fully saturated rings. The molecular weight excluding hydrogens is 184 g/mol. The molecule has 0 aromatic heterocycles. The summed E-state index contributed by atoms with van der Waals surface area (Å²) < 4.78 is 0. The highest BCUT2D eigenvalue weighted by Gasteiger charge is 2.42. The molecule has 0 aliphatic heterocycles. The normalized spacial score (nSPS) is 39.9. The fourth-order valence-corrected chi connectivity index (χ4v) is 2.83. The number of fused-ring (bicyclic) bond motifs is 1. The number of rotatable bonds is 0. The quantitative estimate of drug-likeness (QED) is 0.687. The van der Waals surface area contributed by atoms with E-state index in [0.29, 0.717) is 17.8 Å². The molecule has 0 heterocycles. The zero-order chi connectivity index (χ0) is 11.2. The maximum absolute atomic E-state index is 10.6. The van der Waals surface area contributed by atoms with Gasteiger partial charge in [-0.3, -0.25) is 0 Å². The number of aliphatic hydroxyl groups is 1. The molecule has 0 saturated carbocycles. The summed E-state index contributed by atoms with van der Waals surface area (Å²) in [5, 5.41) is 10.6. The van der Waals surface area contributed by atoms with E-state index in [1.165, 1.54) is 5.56 Å². The molecular formula is C14H20O. The van der Waals surface area contributed by atoms with Crippen LogP contribution in [0.1, 0.15) is 44.7 Å². The van der Waals surface area contributed by atoms with Crippen LogP contribution in [0.4, 0.5) is 0 Å². The summed E-state index contributed by atoms with van der Waals surface area (Å²) in [6.07, 6.45) is 0. The van der Waals surface area contributed by atoms with Crippen molar-refractivity contribution in [3.05, 3.63) is 35.4 Å². The summed E-state index contributed by atoms with van der Waals surface area (Å²) in [6, 6.07) is 8.29. The van der Waals surface area contributed by atoms with E-state index in [1.807, 2.05) is 13.0 Å². The van der Waals surface area contributed by atoms with E-state index in [-0.39, 0.29) is 0 Å². The highest BCUT2D eigenvalue weighted by Crippen LogP contribution is 2.47. The molecule has 4 atom stereocenters. The maximum Gasteiger partial charge on any atom is 0.0899 e. The molecule has 82 valence electrons. The molecule has 0 bridgehead atoms. The topological polar surface area (TPSA) is 20.2 Å². The molecule has 15 heavy (non-hydrogen) atoms. The molecule has 0 radical (unpaired) electrons. The summed E-state index contributed by atoms with van der Waals surface area (Å²) in [7, 11) is 0. The molecule has 1 N–H and O–H groups in total. The maximum atomic E-state index is 10.6. The van der Waals surface area contributed by atoms with E-state index >= 15 is 0 Å². The van der Waals surface area contributed by atoms with E-state index in [4.69, 9.17) is 0 Å². The molecule has 0 saturated heterocycles. The number of benzene rings is 1. The van der Waals surface area contributed by atoms with E-state index < -0.39 is 5.60 Å². The van der Waals surface area contributed by atoms with Gasteiger partial charge < -0.3 is 5.11 Å². The Morgan fingerprint density at radius 1 is 1.13 bits per heavy atom. The minimum Gasteiger partial charge on any atom is -0.385 e. The van der Waals surface area contributed by atoms with E-state index in [2.05, 4.69) is 39.0 Å². The summed E-state index contributed by atoms with van der Waals surface area (Å²) in [4.78, 5) is 0. The molecule has 1 aromatic carbocycles. The minimum absolute atomic E-state index is 0.308. The van der Waals surface area contributed by atoms with Crippen molar-refractivity contribution in [2.45, 2.75) is 39.2 Å². The van der Waals surface area contributed by atoms with Crippen LogP contribution in [0.15, 0.2) is 24.3 Å². The lowest BCUT2D eigenvalue weighted by Crippen LogP contribution is -2.41. The smallest absolute Gasteiger partial charge is 0.0899 e. The third kappa shape index (κ3) is 1.41. The van der Waals surface area contributed by atoms with Gasteiger partial charge in [0.1, 0.15) is 0 Å². The van der Waals surface area contributed by atoms with Crippen LogP contribution in [0.3, 0.4) is 0 Å². The predicted molar refractivity (Wildman–Crippen MR) is 62.8 cm³/mol. The zero-order valence-corrected chi connectivity index (χ0v) is 9.99. The van der Waals surface area contributed by atoms with Gasteiger partial charge in [-0.1, -0.05) is 45.0 Å². The van der Waals surface area contributed by atoms with E-state index in [1.54, 1.807) is 0 Å². The first-order chi connectivity index (χ1) is 6.96. The number of hydrogen-bond acceptors (Lipinski definition) is 1. The Labute approximate surface area is 92.1 Å². The summed E-state index contributed by atoms with van der Waals surface area (Å²) >= 11 is 0. The van der Waals surface area contributed by atoms with Crippen molar-refractivity contribution >= 4 is 0 Å². The van der Waals surface area contributed by atoms with Gasteiger partial charge in [-0.15, -0.1) is 0 Å². The van der Waals surface area contributed by atoms with Crippen LogP contribution < -0.4 is 0 Å². The lowest BCUT2D eigenvalue weighted by Gasteiger charge is -2.44. The van der Waals surface area contributed by atoms with Gasteiger partial charge in [-0.05, 0) is 35.8 Å². The second-order valence-electron chi connectivity index (χ2n) is 5.17. The van der Waals surface area contributed by atoms with Crippen LogP contribution in [-0.2, 0) is 5.60 Å². The van der Waals surface area contributed by atoms with Crippen LogP contribution in [-0.4, -0.2) is 5.11 Å². The molecule has 1 aromatic rings. The first-order valence-electron chi connectivity index (χ1n) is 5.78. The molecule has 0 spiro atoms. The summed E-state index contributed by atoms with van der Waals surface area (Å²) in [6.45, 7) is 8.59. The molecule has 1 aliphatic carbocycles. The minimum atomic E-state index is -0.678. The Morgan fingerprint density at radius 3 is 2.40 bits per heavy atom. The van der Waals surface area contributed by atoms with Crippen molar-refractivity contribution in [3.63, 3.8) is 0 Å². The Morgan fingerprint density at radius 2 is 1.73 bits per heavy atom. The fourth-order valence-electron chi connectivity index (χ4n) is 2.83. The molecule has 1 aliphatic rings. The standard InChI is InChI=1S/C14H20O/c1-9-10(2)12-7-5-6-8-13(12)14(4,15)11(9)3/h5-11,15H,1-4H3. The van der Waals surface area contributed by atoms with Gasteiger partial charge in [-0.25, -0.2) is 0 Å². The van der Waals surface area contributed by atoms with Gasteiger partial charge in [0, 0.05) is 0 Å². The van der Waals surface area contributed by atoms with Crippen molar-refractivity contribution in [2.24, 2.45) is 11.8 Å². The second-order valence-corrected chi connectivity index (χ2v) is 5.17. The largest absolute Gasteiger partial charge is 0.385 e. The summed E-state index contributed by atoms with van der Waals surface area (Å²) in [5.41, 5.74) is 1.75. The van der Waals surface area contributed by atoms with Crippen LogP contribution >= 0.6 is 0 Å². The van der Waals surface area contributed by atoms with Crippen molar-refractivity contribution in [3.8, 4) is 0 Å². The van der Waals surface area contributed by atoms with Gasteiger partial charge in [-0.2, -0.15) is 0 Å². The van der Waals surface area contributed by atoms with Crippen molar-refractivity contribution in [2.75, 3.05) is 0 Å². The van der Waals surface area contributed by atoms with Gasteiger partial charge in [0.05, 0.1) is 5.60 Å². The summed E-state index contributed by atoms with van der Waals surface area (Å²) in [5.74, 6) is 1.37. The zero-order valence-electron chi connectivity index (χ0n) is 9.99. The molecule has 4 unspecified atom stereocenters. The first kappa shape index (κ1) is 10.7. The van der Waals surface area contributed by atoms with E-state index in [9.17, 15) is 5.11 Å². The van der Waals surface area contributed by atoms with Gasteiger partial charge in [0.25, 0.3) is 0 Å². The first-order valence-corrected chi connectivity index (χ1v) is 5.78. The van der Waals surface area contributed by atoms with Crippen LogP contribution in [0.5, 0.6) is 0 Å². The molecule has 1 nitrogen and oxygen atoms in total. The van der Waals surface area contributed by atoms with E-state index in [0.717, 1.165) is 5.56 Å². The Kier molecular flexibility index (Phi) is 2.38. The van der Waals surface area contributed by atoms with Crippen molar-refractivity contribution < 1.29 is 5.11 Å². The fraction of sp³-hybridized carbons (Fsp3) is 0.571. The highest BCUT2D eigenvalue weighted by atomic mass is 16.3. The van der Waals surface area contributed by atoms with Gasteiger partial charge >= 0.3 is 0 Å². The Balaban J connectivity index is 2.61. The SMILES string of the molecule is CC1c2ccccc2C(C)(O)C(C)C1C. The van der Waals surface area contributed by atoms with Crippen LogP contribution in [0.25, 0.3) is 0 Å². The average molecular weight is 204 g/mol. The Hall–Kier alpha value is -0.820. The lowest BCUT2D eigenvalue weighted by atomic mass is 9.64. The molecule has 1 heteroatoms. The average Bonchev–Trinajstić information content (AvgIpc) is 2.24. The predicted octanol–water partition coefficient (Wildman–Crippen LogP) is 3.28. The Bertz CT molecular complexity index is 367. The second kappa shape index (κ2) is 3.34. The monoisotopic (exact) mass is 204 g/mol. The van der Waals surface area contributed by atoms with Crippen LogP contribution in [0.2, 0.25) is 0 Å². The number of hydrogen-bond donors (Lipinski definition) is 1. The molecule has 0 amide bonds. The van der Waals surface area contributed by atoms with Gasteiger partial charge in [0.2, 0.25) is 0 Å².